The minimum Gasteiger partial charge on any atom is -0.493 e. The molecule has 2 aromatic carbocycles. The molecule has 0 saturated carbocycles. The molecule has 0 unspecified atom stereocenters. The van der Waals surface area contributed by atoms with Crippen LogP contribution < -0.4 is 14.2 Å². The number of rotatable bonds is 14. The van der Waals surface area contributed by atoms with Crippen LogP contribution in [0, 0.1) is 13.8 Å². The molecule has 0 bridgehead atoms. The van der Waals surface area contributed by atoms with Crippen LogP contribution in [0.25, 0.3) is 0 Å². The number of hydrogen-bond acceptors (Lipinski definition) is 6. The smallest absolute Gasteiger partial charge is 0.125 e. The maximum Gasteiger partial charge on any atom is 0.125 e. The summed E-state index contributed by atoms with van der Waals surface area (Å²) >= 11 is 0. The standard InChI is InChI=1S/C26H35NO5/c1-6-7-13-31-25-16-20(2)26(21(3)17-25)32-15-8-14-30-24-11-9-23(10-12-24)19-29-18-22(4)27-28-5/h6-7,9-12,16-17H,8,13-15,18-19H2,1-5H3/b7-6+,27-22+. The van der Waals surface area contributed by atoms with Gasteiger partial charge < -0.3 is 23.8 Å². The first-order valence-electron chi connectivity index (χ1n) is 10.9. The van der Waals surface area contributed by atoms with E-state index in [1.54, 1.807) is 0 Å². The second kappa shape index (κ2) is 14.1. The van der Waals surface area contributed by atoms with Crippen LogP contribution in [0.5, 0.6) is 17.2 Å². The Morgan fingerprint density at radius 1 is 0.938 bits per heavy atom. The monoisotopic (exact) mass is 441 g/mol. The molecule has 174 valence electrons. The Morgan fingerprint density at radius 3 is 2.28 bits per heavy atom. The van der Waals surface area contributed by atoms with Crippen molar-refractivity contribution in [3.8, 4) is 17.2 Å². The molecule has 2 rings (SSSR count). The van der Waals surface area contributed by atoms with Gasteiger partial charge in [-0.15, -0.1) is 0 Å². The summed E-state index contributed by atoms with van der Waals surface area (Å²) in [4.78, 5) is 4.71. The fraction of sp³-hybridized carbons (Fsp3) is 0.423. The molecule has 0 saturated heterocycles. The van der Waals surface area contributed by atoms with E-state index in [-0.39, 0.29) is 0 Å². The van der Waals surface area contributed by atoms with Gasteiger partial charge >= 0.3 is 0 Å². The molecule has 0 aliphatic carbocycles. The lowest BCUT2D eigenvalue weighted by molar-refractivity contribution is 0.150. The van der Waals surface area contributed by atoms with Gasteiger partial charge in [0.1, 0.15) is 31.0 Å². The summed E-state index contributed by atoms with van der Waals surface area (Å²) in [7, 11) is 1.52. The Kier molecular flexibility index (Phi) is 11.2. The van der Waals surface area contributed by atoms with Crippen LogP contribution in [0.2, 0.25) is 0 Å². The zero-order valence-electron chi connectivity index (χ0n) is 19.8. The van der Waals surface area contributed by atoms with Crippen LogP contribution in [0.15, 0.2) is 53.7 Å². The number of oxime groups is 1. The predicted molar refractivity (Wildman–Crippen MR) is 128 cm³/mol. The molecule has 0 aliphatic rings. The third-order valence-corrected chi connectivity index (χ3v) is 4.57. The highest BCUT2D eigenvalue weighted by molar-refractivity contribution is 5.82. The number of allylic oxidation sites excluding steroid dienone is 1. The van der Waals surface area contributed by atoms with Crippen molar-refractivity contribution in [2.75, 3.05) is 33.5 Å². The van der Waals surface area contributed by atoms with Gasteiger partial charge in [-0.3, -0.25) is 0 Å². The molecule has 2 aromatic rings. The highest BCUT2D eigenvalue weighted by Gasteiger charge is 2.07. The van der Waals surface area contributed by atoms with Crippen molar-refractivity contribution in [3.63, 3.8) is 0 Å². The quantitative estimate of drug-likeness (QED) is 0.164. The summed E-state index contributed by atoms with van der Waals surface area (Å²) in [5, 5.41) is 3.82. The van der Waals surface area contributed by atoms with E-state index in [4.69, 9.17) is 23.8 Å². The zero-order valence-corrected chi connectivity index (χ0v) is 19.8. The lowest BCUT2D eigenvalue weighted by Gasteiger charge is -2.14. The van der Waals surface area contributed by atoms with Crippen LogP contribution in [0.3, 0.4) is 0 Å². The number of aryl methyl sites for hydroxylation is 2. The van der Waals surface area contributed by atoms with Gasteiger partial charge in [-0.1, -0.05) is 29.4 Å². The minimum absolute atomic E-state index is 0.441. The predicted octanol–water partition coefficient (Wildman–Crippen LogP) is 5.65. The van der Waals surface area contributed by atoms with Gasteiger partial charge in [0.25, 0.3) is 0 Å². The second-order valence-electron chi connectivity index (χ2n) is 7.46. The molecule has 0 heterocycles. The van der Waals surface area contributed by atoms with Crippen LogP contribution in [-0.4, -0.2) is 39.2 Å². The molecule has 6 nitrogen and oxygen atoms in total. The largest absolute Gasteiger partial charge is 0.493 e. The Morgan fingerprint density at radius 2 is 1.62 bits per heavy atom. The van der Waals surface area contributed by atoms with Gasteiger partial charge in [0, 0.05) is 6.42 Å². The molecule has 0 aliphatic heterocycles. The van der Waals surface area contributed by atoms with E-state index >= 15 is 0 Å². The van der Waals surface area contributed by atoms with Crippen molar-refractivity contribution < 1.29 is 23.8 Å². The van der Waals surface area contributed by atoms with Gasteiger partial charge in [0.05, 0.1) is 32.1 Å². The molecule has 32 heavy (non-hydrogen) atoms. The average Bonchev–Trinajstić information content (AvgIpc) is 2.76. The molecular weight excluding hydrogens is 406 g/mol. The number of hydrogen-bond donors (Lipinski definition) is 0. The third-order valence-electron chi connectivity index (χ3n) is 4.57. The Bertz CT molecular complexity index is 851. The molecule has 0 amide bonds. The van der Waals surface area contributed by atoms with Gasteiger partial charge in [0.2, 0.25) is 0 Å². The molecule has 0 atom stereocenters. The van der Waals surface area contributed by atoms with E-state index < -0.39 is 0 Å². The summed E-state index contributed by atoms with van der Waals surface area (Å²) in [6, 6.07) is 11.9. The molecule has 0 N–H and O–H groups in total. The van der Waals surface area contributed by atoms with Crippen molar-refractivity contribution in [1.82, 2.24) is 0 Å². The normalized spacial score (nSPS) is 11.6. The Labute approximate surface area is 191 Å². The molecular formula is C26H35NO5. The highest BCUT2D eigenvalue weighted by Crippen LogP contribution is 2.28. The SMILES string of the molecule is C/C=C/COc1cc(C)c(OCCCOc2ccc(COC/C(C)=N/OC)cc2)c(C)c1. The summed E-state index contributed by atoms with van der Waals surface area (Å²) in [6.45, 7) is 10.6. The van der Waals surface area contributed by atoms with Gasteiger partial charge in [0.15, 0.2) is 0 Å². The summed E-state index contributed by atoms with van der Waals surface area (Å²) in [5.74, 6) is 2.61. The van der Waals surface area contributed by atoms with Crippen molar-refractivity contribution in [2.24, 2.45) is 5.16 Å². The topological polar surface area (TPSA) is 58.5 Å². The molecule has 0 radical (unpaired) electrons. The molecule has 0 aromatic heterocycles. The maximum absolute atomic E-state index is 6.00. The summed E-state index contributed by atoms with van der Waals surface area (Å²) in [5.41, 5.74) is 4.02. The first kappa shape index (κ1) is 25.3. The van der Waals surface area contributed by atoms with E-state index in [0.29, 0.717) is 33.0 Å². The van der Waals surface area contributed by atoms with Crippen LogP contribution in [-0.2, 0) is 16.2 Å². The van der Waals surface area contributed by atoms with Crippen molar-refractivity contribution >= 4 is 5.71 Å². The number of benzene rings is 2. The highest BCUT2D eigenvalue weighted by atomic mass is 16.6. The van der Waals surface area contributed by atoms with E-state index in [2.05, 4.69) is 5.16 Å². The fourth-order valence-corrected chi connectivity index (χ4v) is 3.07. The summed E-state index contributed by atoms with van der Waals surface area (Å²) in [6.07, 6.45) is 4.75. The van der Waals surface area contributed by atoms with Gasteiger partial charge in [-0.2, -0.15) is 0 Å². The van der Waals surface area contributed by atoms with E-state index in [0.717, 1.165) is 46.1 Å². The van der Waals surface area contributed by atoms with Crippen LogP contribution in [0.4, 0.5) is 0 Å². The average molecular weight is 442 g/mol. The number of ether oxygens (including phenoxy) is 4. The van der Waals surface area contributed by atoms with E-state index in [9.17, 15) is 0 Å². The van der Waals surface area contributed by atoms with Crippen molar-refractivity contribution in [1.29, 1.82) is 0 Å². The second-order valence-corrected chi connectivity index (χ2v) is 7.46. The Hall–Kier alpha value is -2.99. The lowest BCUT2D eigenvalue weighted by atomic mass is 10.1. The molecule has 0 spiro atoms. The van der Waals surface area contributed by atoms with Crippen LogP contribution >= 0.6 is 0 Å². The van der Waals surface area contributed by atoms with E-state index in [1.807, 2.05) is 76.2 Å². The zero-order chi connectivity index (χ0) is 23.2. The van der Waals surface area contributed by atoms with Crippen molar-refractivity contribution in [2.45, 2.75) is 40.7 Å². The number of nitrogens with zero attached hydrogens (tertiary/aromatic N) is 1. The third kappa shape index (κ3) is 9.02. The fourth-order valence-electron chi connectivity index (χ4n) is 3.07. The van der Waals surface area contributed by atoms with Gasteiger partial charge in [-0.05, 0) is 68.7 Å². The molecule has 0 fully saturated rings. The van der Waals surface area contributed by atoms with Crippen molar-refractivity contribution in [3.05, 3.63) is 65.2 Å². The Balaban J connectivity index is 1.70. The van der Waals surface area contributed by atoms with Crippen LogP contribution in [0.1, 0.15) is 37.0 Å². The van der Waals surface area contributed by atoms with Gasteiger partial charge in [-0.25, -0.2) is 0 Å². The molecule has 6 heteroatoms. The van der Waals surface area contributed by atoms with E-state index in [1.165, 1.54) is 7.11 Å². The summed E-state index contributed by atoms with van der Waals surface area (Å²) < 4.78 is 23.2. The first-order valence-corrected chi connectivity index (χ1v) is 10.9. The maximum atomic E-state index is 6.00. The minimum atomic E-state index is 0.441. The lowest BCUT2D eigenvalue weighted by Crippen LogP contribution is -2.07. The first-order chi connectivity index (χ1) is 15.5.